The SMILES string of the molecule is Cc1cnc(Sc2ncnc3nc[nH]c23)c(Br)c1. The van der Waals surface area contributed by atoms with Gasteiger partial charge in [0.05, 0.1) is 10.8 Å². The molecule has 0 spiro atoms. The first kappa shape index (κ1) is 11.6. The zero-order chi connectivity index (χ0) is 12.5. The van der Waals surface area contributed by atoms with Crippen molar-refractivity contribution < 1.29 is 0 Å². The minimum Gasteiger partial charge on any atom is -0.341 e. The number of hydrogen-bond donors (Lipinski definition) is 1. The lowest BCUT2D eigenvalue weighted by molar-refractivity contribution is 1.05. The van der Waals surface area contributed by atoms with Gasteiger partial charge < -0.3 is 4.98 Å². The highest BCUT2D eigenvalue weighted by Crippen LogP contribution is 2.33. The summed E-state index contributed by atoms with van der Waals surface area (Å²) in [7, 11) is 0. The van der Waals surface area contributed by atoms with Crippen LogP contribution in [0, 0.1) is 6.92 Å². The van der Waals surface area contributed by atoms with E-state index in [0.717, 1.165) is 25.6 Å². The minimum absolute atomic E-state index is 0.663. The summed E-state index contributed by atoms with van der Waals surface area (Å²) in [4.78, 5) is 19.9. The molecule has 0 amide bonds. The van der Waals surface area contributed by atoms with Crippen molar-refractivity contribution >= 4 is 38.9 Å². The van der Waals surface area contributed by atoms with Gasteiger partial charge in [0, 0.05) is 6.20 Å². The van der Waals surface area contributed by atoms with Crippen molar-refractivity contribution in [3.8, 4) is 0 Å². The number of imidazole rings is 1. The molecular weight excluding hydrogens is 314 g/mol. The highest BCUT2D eigenvalue weighted by molar-refractivity contribution is 9.10. The van der Waals surface area contributed by atoms with Crippen LogP contribution < -0.4 is 0 Å². The summed E-state index contributed by atoms with van der Waals surface area (Å²) in [5, 5.41) is 1.68. The molecule has 3 aromatic heterocycles. The van der Waals surface area contributed by atoms with Crippen molar-refractivity contribution in [2.75, 3.05) is 0 Å². The highest BCUT2D eigenvalue weighted by Gasteiger charge is 2.10. The average molecular weight is 322 g/mol. The average Bonchev–Trinajstić information content (AvgIpc) is 2.82. The van der Waals surface area contributed by atoms with Crippen molar-refractivity contribution in [2.45, 2.75) is 17.0 Å². The van der Waals surface area contributed by atoms with Crippen LogP contribution in [-0.2, 0) is 0 Å². The van der Waals surface area contributed by atoms with E-state index in [-0.39, 0.29) is 0 Å². The van der Waals surface area contributed by atoms with Crippen molar-refractivity contribution in [2.24, 2.45) is 0 Å². The fraction of sp³-hybridized carbons (Fsp3) is 0.0909. The molecule has 0 aromatic carbocycles. The van der Waals surface area contributed by atoms with Crippen LogP contribution in [0.25, 0.3) is 11.2 Å². The first-order valence-corrected chi connectivity index (χ1v) is 6.79. The highest BCUT2D eigenvalue weighted by atomic mass is 79.9. The molecule has 3 heterocycles. The Morgan fingerprint density at radius 2 is 2.06 bits per heavy atom. The predicted octanol–water partition coefficient (Wildman–Crippen LogP) is 2.97. The first-order chi connectivity index (χ1) is 8.74. The van der Waals surface area contributed by atoms with Crippen molar-refractivity contribution in [3.63, 3.8) is 0 Å². The summed E-state index contributed by atoms with van der Waals surface area (Å²) in [6.45, 7) is 2.00. The molecule has 0 fully saturated rings. The number of H-pyrrole nitrogens is 1. The molecule has 90 valence electrons. The fourth-order valence-electron chi connectivity index (χ4n) is 1.51. The molecule has 3 rings (SSSR count). The first-order valence-electron chi connectivity index (χ1n) is 5.18. The summed E-state index contributed by atoms with van der Waals surface area (Å²) in [5.74, 6) is 0. The number of nitrogens with zero attached hydrogens (tertiary/aromatic N) is 4. The molecule has 0 bridgehead atoms. The van der Waals surface area contributed by atoms with E-state index in [1.165, 1.54) is 18.1 Å². The number of aromatic amines is 1. The van der Waals surface area contributed by atoms with E-state index < -0.39 is 0 Å². The molecule has 0 radical (unpaired) electrons. The Balaban J connectivity index is 2.03. The molecule has 0 aliphatic heterocycles. The van der Waals surface area contributed by atoms with Crippen LogP contribution in [0.3, 0.4) is 0 Å². The van der Waals surface area contributed by atoms with Crippen LogP contribution in [0.2, 0.25) is 0 Å². The van der Waals surface area contributed by atoms with Gasteiger partial charge in [0.25, 0.3) is 0 Å². The normalized spacial score (nSPS) is 11.0. The summed E-state index contributed by atoms with van der Waals surface area (Å²) < 4.78 is 0.957. The molecule has 1 N–H and O–H groups in total. The van der Waals surface area contributed by atoms with Gasteiger partial charge >= 0.3 is 0 Å². The van der Waals surface area contributed by atoms with Gasteiger partial charge in [-0.05, 0) is 46.2 Å². The second-order valence-corrected chi connectivity index (χ2v) is 5.51. The lowest BCUT2D eigenvalue weighted by atomic mass is 10.3. The molecular formula is C11H8BrN5S. The second-order valence-electron chi connectivity index (χ2n) is 3.68. The standard InChI is InChI=1S/C11H8BrN5S/c1-6-2-7(12)10(13-3-6)18-11-8-9(15-4-14-8)16-5-17-11/h2-5H,1H3,(H,14,15,16,17). The lowest BCUT2D eigenvalue weighted by Gasteiger charge is -2.03. The van der Waals surface area contributed by atoms with Crippen molar-refractivity contribution in [3.05, 3.63) is 35.0 Å². The molecule has 0 aliphatic rings. The van der Waals surface area contributed by atoms with Gasteiger partial charge in [-0.2, -0.15) is 0 Å². The third-order valence-electron chi connectivity index (χ3n) is 2.33. The summed E-state index contributed by atoms with van der Waals surface area (Å²) >= 11 is 4.98. The summed E-state index contributed by atoms with van der Waals surface area (Å²) in [6, 6.07) is 2.03. The van der Waals surface area contributed by atoms with E-state index in [9.17, 15) is 0 Å². The maximum Gasteiger partial charge on any atom is 0.181 e. The fourth-order valence-corrected chi connectivity index (χ4v) is 3.01. The van der Waals surface area contributed by atoms with Crippen molar-refractivity contribution in [1.29, 1.82) is 0 Å². The van der Waals surface area contributed by atoms with Gasteiger partial charge in [-0.1, -0.05) is 0 Å². The maximum atomic E-state index is 4.39. The van der Waals surface area contributed by atoms with Gasteiger partial charge in [-0.15, -0.1) is 0 Å². The van der Waals surface area contributed by atoms with E-state index in [1.807, 2.05) is 19.2 Å². The van der Waals surface area contributed by atoms with Gasteiger partial charge in [0.15, 0.2) is 5.65 Å². The van der Waals surface area contributed by atoms with Crippen LogP contribution in [-0.4, -0.2) is 24.9 Å². The third-order valence-corrected chi connectivity index (χ3v) is 4.21. The minimum atomic E-state index is 0.663. The Morgan fingerprint density at radius 1 is 1.17 bits per heavy atom. The Labute approximate surface area is 116 Å². The van der Waals surface area contributed by atoms with Crippen molar-refractivity contribution in [1.82, 2.24) is 24.9 Å². The number of halogens is 1. The number of hydrogen-bond acceptors (Lipinski definition) is 5. The number of aryl methyl sites for hydroxylation is 1. The van der Waals surface area contributed by atoms with E-state index in [1.54, 1.807) is 6.33 Å². The molecule has 0 saturated heterocycles. The largest absolute Gasteiger partial charge is 0.341 e. The zero-order valence-electron chi connectivity index (χ0n) is 9.38. The Kier molecular flexibility index (Phi) is 3.00. The lowest BCUT2D eigenvalue weighted by Crippen LogP contribution is -1.89. The van der Waals surface area contributed by atoms with Crippen LogP contribution in [0.4, 0.5) is 0 Å². The molecule has 0 unspecified atom stereocenters. The second kappa shape index (κ2) is 4.66. The van der Waals surface area contributed by atoms with Crippen LogP contribution in [0.1, 0.15) is 5.56 Å². The van der Waals surface area contributed by atoms with Gasteiger partial charge in [-0.3, -0.25) is 0 Å². The molecule has 5 nitrogen and oxygen atoms in total. The Morgan fingerprint density at radius 3 is 2.89 bits per heavy atom. The maximum absolute atomic E-state index is 4.39. The quantitative estimate of drug-likeness (QED) is 0.735. The van der Waals surface area contributed by atoms with E-state index in [0.29, 0.717) is 5.65 Å². The van der Waals surface area contributed by atoms with Crippen LogP contribution in [0.5, 0.6) is 0 Å². The van der Waals surface area contributed by atoms with Gasteiger partial charge in [0.1, 0.15) is 21.9 Å². The molecule has 0 atom stereocenters. The smallest absolute Gasteiger partial charge is 0.181 e. The molecule has 0 aliphatic carbocycles. The number of aromatic nitrogens is 5. The van der Waals surface area contributed by atoms with E-state index in [4.69, 9.17) is 0 Å². The van der Waals surface area contributed by atoms with E-state index in [2.05, 4.69) is 40.8 Å². The molecule has 18 heavy (non-hydrogen) atoms. The number of fused-ring (bicyclic) bond motifs is 1. The van der Waals surface area contributed by atoms with Crippen LogP contribution >= 0.6 is 27.7 Å². The Bertz CT molecular complexity index is 711. The number of rotatable bonds is 2. The molecule has 7 heteroatoms. The van der Waals surface area contributed by atoms with Gasteiger partial charge in [0.2, 0.25) is 0 Å². The summed E-state index contributed by atoms with van der Waals surface area (Å²) in [6.07, 6.45) is 4.95. The predicted molar refractivity (Wildman–Crippen MR) is 72.5 cm³/mol. The molecule has 0 saturated carbocycles. The molecule has 3 aromatic rings. The number of pyridine rings is 1. The summed E-state index contributed by atoms with van der Waals surface area (Å²) in [5.41, 5.74) is 2.60. The zero-order valence-corrected chi connectivity index (χ0v) is 11.8. The van der Waals surface area contributed by atoms with Crippen LogP contribution in [0.15, 0.2) is 39.4 Å². The topological polar surface area (TPSA) is 67.3 Å². The van der Waals surface area contributed by atoms with Gasteiger partial charge in [-0.25, -0.2) is 19.9 Å². The monoisotopic (exact) mass is 321 g/mol. The Hall–Kier alpha value is -1.47. The third kappa shape index (κ3) is 2.11. The van der Waals surface area contributed by atoms with E-state index >= 15 is 0 Å². The number of nitrogens with one attached hydrogen (secondary N) is 1.